The zero-order valence-electron chi connectivity index (χ0n) is 11.0. The summed E-state index contributed by atoms with van der Waals surface area (Å²) >= 11 is 6.54. The van der Waals surface area contributed by atoms with E-state index in [0.29, 0.717) is 23.5 Å². The molecule has 3 aliphatic rings. The number of carbonyl (C=O) groups excluding carboxylic acids is 1. The third kappa shape index (κ3) is 1.69. The number of Topliss-reactive ketones (excluding diaryl/α,β-unsaturated/α-hetero) is 1. The van der Waals surface area contributed by atoms with E-state index in [-0.39, 0.29) is 10.3 Å². The topological polar surface area (TPSA) is 17.1 Å². The lowest BCUT2D eigenvalue weighted by molar-refractivity contribution is -0.131. The van der Waals surface area contributed by atoms with Gasteiger partial charge in [0.15, 0.2) is 0 Å². The third-order valence-electron chi connectivity index (χ3n) is 5.77. The van der Waals surface area contributed by atoms with Crippen molar-refractivity contribution in [2.75, 3.05) is 0 Å². The first-order valence-corrected chi connectivity index (χ1v) is 7.55. The van der Waals surface area contributed by atoms with Gasteiger partial charge in [-0.15, -0.1) is 11.6 Å². The molecule has 0 N–H and O–H groups in total. The standard InChI is InChI=1S/C15H23ClO/c1-14(16)8-7-12-10-5-3-4-6-11(10)13(17)15(12,2)9-14/h10-12H,3-9H2,1-2H3/t10-,11-,12+,14?,15+/m0/s1. The second kappa shape index (κ2) is 3.73. The minimum absolute atomic E-state index is 0.103. The first-order chi connectivity index (χ1) is 7.94. The maximum absolute atomic E-state index is 12.7. The number of alkyl halides is 1. The molecule has 0 heterocycles. The molecule has 2 heteroatoms. The Morgan fingerprint density at radius 1 is 1.18 bits per heavy atom. The second-order valence-electron chi connectivity index (χ2n) is 7.07. The van der Waals surface area contributed by atoms with E-state index in [2.05, 4.69) is 13.8 Å². The second-order valence-corrected chi connectivity index (χ2v) is 7.98. The van der Waals surface area contributed by atoms with Crippen LogP contribution in [0.15, 0.2) is 0 Å². The van der Waals surface area contributed by atoms with Crippen molar-refractivity contribution in [3.05, 3.63) is 0 Å². The first-order valence-electron chi connectivity index (χ1n) is 7.17. The summed E-state index contributed by atoms with van der Waals surface area (Å²) in [5, 5.41) is 0. The fourth-order valence-electron chi connectivity index (χ4n) is 5.11. The van der Waals surface area contributed by atoms with Gasteiger partial charge in [-0.3, -0.25) is 4.79 Å². The molecular formula is C15H23ClO. The number of hydrogen-bond donors (Lipinski definition) is 0. The van der Waals surface area contributed by atoms with Crippen molar-refractivity contribution in [3.63, 3.8) is 0 Å². The average Bonchev–Trinajstić information content (AvgIpc) is 2.47. The van der Waals surface area contributed by atoms with Crippen LogP contribution in [0.4, 0.5) is 0 Å². The van der Waals surface area contributed by atoms with Crippen molar-refractivity contribution in [2.45, 2.75) is 63.7 Å². The Labute approximate surface area is 109 Å². The fourth-order valence-corrected chi connectivity index (χ4v) is 5.49. The van der Waals surface area contributed by atoms with Crippen LogP contribution in [0, 0.1) is 23.2 Å². The van der Waals surface area contributed by atoms with Crippen molar-refractivity contribution in [1.82, 2.24) is 0 Å². The highest BCUT2D eigenvalue weighted by Crippen LogP contribution is 2.61. The van der Waals surface area contributed by atoms with Gasteiger partial charge in [-0.25, -0.2) is 0 Å². The molecule has 5 atom stereocenters. The Morgan fingerprint density at radius 3 is 2.65 bits per heavy atom. The highest BCUT2D eigenvalue weighted by molar-refractivity contribution is 6.24. The van der Waals surface area contributed by atoms with Gasteiger partial charge in [0.2, 0.25) is 0 Å². The zero-order chi connectivity index (χ0) is 12.3. The van der Waals surface area contributed by atoms with Crippen molar-refractivity contribution in [2.24, 2.45) is 23.2 Å². The summed E-state index contributed by atoms with van der Waals surface area (Å²) < 4.78 is 0. The van der Waals surface area contributed by atoms with Gasteiger partial charge in [0.05, 0.1) is 0 Å². The van der Waals surface area contributed by atoms with Gasteiger partial charge >= 0.3 is 0 Å². The van der Waals surface area contributed by atoms with Gasteiger partial charge in [0, 0.05) is 16.2 Å². The van der Waals surface area contributed by atoms with E-state index in [4.69, 9.17) is 11.6 Å². The maximum Gasteiger partial charge on any atom is 0.142 e. The Hall–Kier alpha value is -0.0400. The molecule has 0 saturated heterocycles. The van der Waals surface area contributed by atoms with E-state index in [1.807, 2.05) is 0 Å². The van der Waals surface area contributed by atoms with E-state index >= 15 is 0 Å². The molecule has 0 aromatic carbocycles. The molecule has 0 aliphatic heterocycles. The molecule has 0 amide bonds. The molecule has 1 nitrogen and oxygen atoms in total. The van der Waals surface area contributed by atoms with E-state index < -0.39 is 0 Å². The minimum Gasteiger partial charge on any atom is -0.299 e. The Bertz CT molecular complexity index is 349. The summed E-state index contributed by atoms with van der Waals surface area (Å²) in [4.78, 5) is 12.6. The van der Waals surface area contributed by atoms with Crippen LogP contribution in [0.1, 0.15) is 58.8 Å². The molecule has 0 aromatic heterocycles. The summed E-state index contributed by atoms with van der Waals surface area (Å²) in [6.45, 7) is 4.32. The van der Waals surface area contributed by atoms with Gasteiger partial charge in [-0.2, -0.15) is 0 Å². The van der Waals surface area contributed by atoms with Crippen LogP contribution < -0.4 is 0 Å². The molecule has 1 unspecified atom stereocenters. The van der Waals surface area contributed by atoms with E-state index in [9.17, 15) is 4.79 Å². The predicted octanol–water partition coefficient (Wildman–Crippen LogP) is 4.18. The van der Waals surface area contributed by atoms with E-state index in [1.54, 1.807) is 0 Å². The maximum atomic E-state index is 12.7. The molecule has 17 heavy (non-hydrogen) atoms. The lowest BCUT2D eigenvalue weighted by Gasteiger charge is -2.44. The zero-order valence-corrected chi connectivity index (χ0v) is 11.7. The lowest BCUT2D eigenvalue weighted by atomic mass is 9.63. The number of ketones is 1. The molecule has 3 fully saturated rings. The van der Waals surface area contributed by atoms with Crippen LogP contribution in [-0.4, -0.2) is 10.7 Å². The van der Waals surface area contributed by atoms with Crippen LogP contribution in [-0.2, 0) is 4.79 Å². The van der Waals surface area contributed by atoms with Crippen molar-refractivity contribution in [3.8, 4) is 0 Å². The lowest BCUT2D eigenvalue weighted by Crippen LogP contribution is -2.42. The highest BCUT2D eigenvalue weighted by Gasteiger charge is 2.60. The number of hydrogen-bond acceptors (Lipinski definition) is 1. The van der Waals surface area contributed by atoms with Crippen LogP contribution in [0.2, 0.25) is 0 Å². The van der Waals surface area contributed by atoms with Gasteiger partial charge < -0.3 is 0 Å². The van der Waals surface area contributed by atoms with E-state index in [0.717, 1.165) is 19.3 Å². The minimum atomic E-state index is -0.144. The van der Waals surface area contributed by atoms with Crippen molar-refractivity contribution in [1.29, 1.82) is 0 Å². The smallest absolute Gasteiger partial charge is 0.142 e. The number of fused-ring (bicyclic) bond motifs is 3. The van der Waals surface area contributed by atoms with Gasteiger partial charge in [-0.1, -0.05) is 19.8 Å². The SMILES string of the molecule is CC1(Cl)CC[C@@H]2[C@H]3CCCC[C@@H]3C(=O)[C@]2(C)C1. The molecule has 3 rings (SSSR count). The molecule has 3 saturated carbocycles. The summed E-state index contributed by atoms with van der Waals surface area (Å²) in [5.41, 5.74) is -0.103. The summed E-state index contributed by atoms with van der Waals surface area (Å²) in [5.74, 6) is 2.25. The van der Waals surface area contributed by atoms with E-state index in [1.165, 1.54) is 25.7 Å². The summed E-state index contributed by atoms with van der Waals surface area (Å²) in [7, 11) is 0. The molecular weight excluding hydrogens is 232 g/mol. The molecule has 0 spiro atoms. The summed E-state index contributed by atoms with van der Waals surface area (Å²) in [6.07, 6.45) is 8.18. The number of halogens is 1. The highest BCUT2D eigenvalue weighted by atomic mass is 35.5. The molecule has 0 radical (unpaired) electrons. The first kappa shape index (κ1) is 12.0. The van der Waals surface area contributed by atoms with Gasteiger partial charge in [-0.05, 0) is 50.9 Å². The molecule has 0 aromatic rings. The van der Waals surface area contributed by atoms with Crippen LogP contribution >= 0.6 is 11.6 Å². The largest absolute Gasteiger partial charge is 0.299 e. The van der Waals surface area contributed by atoms with Crippen molar-refractivity contribution < 1.29 is 4.79 Å². The fraction of sp³-hybridized carbons (Fsp3) is 0.933. The molecule has 0 bridgehead atoms. The van der Waals surface area contributed by atoms with Crippen LogP contribution in [0.5, 0.6) is 0 Å². The van der Waals surface area contributed by atoms with Crippen LogP contribution in [0.25, 0.3) is 0 Å². The normalized spacial score (nSPS) is 54.3. The molecule has 3 aliphatic carbocycles. The molecule has 96 valence electrons. The van der Waals surface area contributed by atoms with Gasteiger partial charge in [0.1, 0.15) is 5.78 Å². The Balaban J connectivity index is 1.94. The summed E-state index contributed by atoms with van der Waals surface area (Å²) in [6, 6.07) is 0. The quantitative estimate of drug-likeness (QED) is 0.593. The predicted molar refractivity (Wildman–Crippen MR) is 70.2 cm³/mol. The third-order valence-corrected chi connectivity index (χ3v) is 6.09. The van der Waals surface area contributed by atoms with Gasteiger partial charge in [0.25, 0.3) is 0 Å². The van der Waals surface area contributed by atoms with Crippen molar-refractivity contribution >= 4 is 17.4 Å². The Kier molecular flexibility index (Phi) is 2.63. The average molecular weight is 255 g/mol. The number of carbonyl (C=O) groups is 1. The monoisotopic (exact) mass is 254 g/mol. The number of rotatable bonds is 0. The Morgan fingerprint density at radius 2 is 1.88 bits per heavy atom. The van der Waals surface area contributed by atoms with Crippen LogP contribution in [0.3, 0.4) is 0 Å².